The van der Waals surface area contributed by atoms with Crippen LogP contribution in [-0.2, 0) is 0 Å². The third-order valence-corrected chi connectivity index (χ3v) is 3.04. The fourth-order valence-corrected chi connectivity index (χ4v) is 2.03. The van der Waals surface area contributed by atoms with Gasteiger partial charge >= 0.3 is 0 Å². The van der Waals surface area contributed by atoms with Crippen molar-refractivity contribution in [2.24, 2.45) is 0 Å². The minimum Gasteiger partial charge on any atom is -0.289 e. The molecule has 0 fully saturated rings. The van der Waals surface area contributed by atoms with Crippen LogP contribution in [0.2, 0.25) is 0 Å². The van der Waals surface area contributed by atoms with Gasteiger partial charge < -0.3 is 0 Å². The summed E-state index contributed by atoms with van der Waals surface area (Å²) in [6.07, 6.45) is 8.35. The number of hydrogen-bond acceptors (Lipinski definition) is 3. The standard InChI is InChI=1S/C17H12N2O/c20-17(14-4-3-10-18-12-14)8-7-13-9-11-19-16-6-2-1-5-15(13)16/h1-12H/b8-7+. The normalized spacial score (nSPS) is 11.0. The molecule has 0 N–H and O–H groups in total. The molecule has 3 heteroatoms. The van der Waals surface area contributed by atoms with Gasteiger partial charge in [-0.1, -0.05) is 24.3 Å². The zero-order valence-electron chi connectivity index (χ0n) is 10.7. The summed E-state index contributed by atoms with van der Waals surface area (Å²) in [6.45, 7) is 0. The lowest BCUT2D eigenvalue weighted by Crippen LogP contribution is -1.94. The van der Waals surface area contributed by atoms with E-state index in [1.165, 1.54) is 0 Å². The highest BCUT2D eigenvalue weighted by molar-refractivity contribution is 6.07. The maximum Gasteiger partial charge on any atom is 0.187 e. The zero-order chi connectivity index (χ0) is 13.8. The predicted octanol–water partition coefficient (Wildman–Crippen LogP) is 3.53. The molecule has 0 atom stereocenters. The van der Waals surface area contributed by atoms with Crippen molar-refractivity contribution in [2.45, 2.75) is 0 Å². The number of benzene rings is 1. The summed E-state index contributed by atoms with van der Waals surface area (Å²) in [4.78, 5) is 20.3. The fourth-order valence-electron chi connectivity index (χ4n) is 2.03. The molecule has 3 nitrogen and oxygen atoms in total. The van der Waals surface area contributed by atoms with Gasteiger partial charge in [-0.05, 0) is 35.9 Å². The lowest BCUT2D eigenvalue weighted by molar-refractivity contribution is 0.104. The van der Waals surface area contributed by atoms with Crippen LogP contribution in [0.25, 0.3) is 17.0 Å². The molecule has 0 bridgehead atoms. The van der Waals surface area contributed by atoms with E-state index in [9.17, 15) is 4.79 Å². The smallest absolute Gasteiger partial charge is 0.187 e. The molecule has 0 spiro atoms. The highest BCUT2D eigenvalue weighted by Gasteiger charge is 2.02. The molecule has 2 heterocycles. The van der Waals surface area contributed by atoms with Gasteiger partial charge in [0.05, 0.1) is 5.52 Å². The van der Waals surface area contributed by atoms with Crippen LogP contribution in [0, 0.1) is 0 Å². The number of fused-ring (bicyclic) bond motifs is 1. The number of para-hydroxylation sites is 1. The molecule has 2 aromatic heterocycles. The predicted molar refractivity (Wildman–Crippen MR) is 79.3 cm³/mol. The Morgan fingerprint density at radius 2 is 1.90 bits per heavy atom. The molecule has 0 aliphatic heterocycles. The first-order valence-corrected chi connectivity index (χ1v) is 6.31. The van der Waals surface area contributed by atoms with Gasteiger partial charge in [-0.25, -0.2) is 0 Å². The number of aromatic nitrogens is 2. The maximum absolute atomic E-state index is 12.0. The minimum atomic E-state index is -0.0565. The van der Waals surface area contributed by atoms with Gasteiger partial charge in [-0.2, -0.15) is 0 Å². The average Bonchev–Trinajstić information content (AvgIpc) is 2.53. The topological polar surface area (TPSA) is 42.9 Å². The van der Waals surface area contributed by atoms with E-state index in [1.54, 1.807) is 36.8 Å². The maximum atomic E-state index is 12.0. The Morgan fingerprint density at radius 3 is 2.75 bits per heavy atom. The lowest BCUT2D eigenvalue weighted by Gasteiger charge is -2.00. The number of ketones is 1. The molecule has 0 radical (unpaired) electrons. The second kappa shape index (κ2) is 5.45. The van der Waals surface area contributed by atoms with Crippen molar-refractivity contribution in [1.29, 1.82) is 0 Å². The summed E-state index contributed by atoms with van der Waals surface area (Å²) in [6, 6.07) is 13.3. The van der Waals surface area contributed by atoms with Crippen LogP contribution in [0.5, 0.6) is 0 Å². The third kappa shape index (κ3) is 2.47. The van der Waals surface area contributed by atoms with E-state index in [0.29, 0.717) is 5.56 Å². The number of allylic oxidation sites excluding steroid dienone is 1. The molecular formula is C17H12N2O. The molecule has 3 rings (SSSR count). The van der Waals surface area contributed by atoms with Crippen molar-refractivity contribution >= 4 is 22.8 Å². The number of rotatable bonds is 3. The van der Waals surface area contributed by atoms with Crippen molar-refractivity contribution < 1.29 is 4.79 Å². The van der Waals surface area contributed by atoms with Gasteiger partial charge in [-0.3, -0.25) is 14.8 Å². The summed E-state index contributed by atoms with van der Waals surface area (Å²) in [5.74, 6) is -0.0565. The van der Waals surface area contributed by atoms with Gasteiger partial charge in [0.15, 0.2) is 5.78 Å². The Labute approximate surface area is 116 Å². The monoisotopic (exact) mass is 260 g/mol. The molecule has 1 aromatic carbocycles. The molecular weight excluding hydrogens is 248 g/mol. The molecule has 20 heavy (non-hydrogen) atoms. The van der Waals surface area contributed by atoms with Crippen LogP contribution in [0.4, 0.5) is 0 Å². The van der Waals surface area contributed by atoms with E-state index in [4.69, 9.17) is 0 Å². The van der Waals surface area contributed by atoms with Crippen molar-refractivity contribution in [3.05, 3.63) is 78.3 Å². The Morgan fingerprint density at radius 1 is 1.00 bits per heavy atom. The van der Waals surface area contributed by atoms with E-state index < -0.39 is 0 Å². The van der Waals surface area contributed by atoms with E-state index in [-0.39, 0.29) is 5.78 Å². The average molecular weight is 260 g/mol. The fraction of sp³-hybridized carbons (Fsp3) is 0. The third-order valence-electron chi connectivity index (χ3n) is 3.04. The van der Waals surface area contributed by atoms with Crippen LogP contribution < -0.4 is 0 Å². The first-order chi connectivity index (χ1) is 9.84. The molecule has 3 aromatic rings. The van der Waals surface area contributed by atoms with E-state index in [1.807, 2.05) is 36.4 Å². The Bertz CT molecular complexity index is 774. The van der Waals surface area contributed by atoms with E-state index in [2.05, 4.69) is 9.97 Å². The highest BCUT2D eigenvalue weighted by Crippen LogP contribution is 2.17. The summed E-state index contributed by atoms with van der Waals surface area (Å²) in [5.41, 5.74) is 2.48. The van der Waals surface area contributed by atoms with Crippen LogP contribution in [0.15, 0.2) is 67.1 Å². The molecule has 0 aliphatic carbocycles. The Kier molecular flexibility index (Phi) is 3.33. The van der Waals surface area contributed by atoms with E-state index in [0.717, 1.165) is 16.5 Å². The Balaban J connectivity index is 1.94. The first-order valence-electron chi connectivity index (χ1n) is 6.31. The number of hydrogen-bond donors (Lipinski definition) is 0. The van der Waals surface area contributed by atoms with Crippen LogP contribution in [0.3, 0.4) is 0 Å². The summed E-state index contributed by atoms with van der Waals surface area (Å²) < 4.78 is 0. The zero-order valence-corrected chi connectivity index (χ0v) is 10.7. The largest absolute Gasteiger partial charge is 0.289 e. The van der Waals surface area contributed by atoms with Gasteiger partial charge in [0.2, 0.25) is 0 Å². The molecule has 0 amide bonds. The summed E-state index contributed by atoms with van der Waals surface area (Å²) in [5, 5.41) is 1.03. The number of nitrogens with zero attached hydrogens (tertiary/aromatic N) is 2. The number of carbonyl (C=O) groups excluding carboxylic acids is 1. The van der Waals surface area contributed by atoms with Gasteiger partial charge in [0, 0.05) is 29.5 Å². The van der Waals surface area contributed by atoms with Crippen molar-refractivity contribution in [2.75, 3.05) is 0 Å². The van der Waals surface area contributed by atoms with Gasteiger partial charge in [0.25, 0.3) is 0 Å². The molecule has 0 unspecified atom stereocenters. The van der Waals surface area contributed by atoms with Crippen molar-refractivity contribution in [3.8, 4) is 0 Å². The molecule has 0 aliphatic rings. The van der Waals surface area contributed by atoms with Crippen LogP contribution in [0.1, 0.15) is 15.9 Å². The molecule has 96 valence electrons. The Hall–Kier alpha value is -2.81. The minimum absolute atomic E-state index is 0.0565. The van der Waals surface area contributed by atoms with Crippen molar-refractivity contribution in [3.63, 3.8) is 0 Å². The highest BCUT2D eigenvalue weighted by atomic mass is 16.1. The first kappa shape index (κ1) is 12.2. The van der Waals surface area contributed by atoms with Gasteiger partial charge in [0.1, 0.15) is 0 Å². The second-order valence-corrected chi connectivity index (χ2v) is 4.36. The molecule has 0 saturated carbocycles. The summed E-state index contributed by atoms with van der Waals surface area (Å²) in [7, 11) is 0. The SMILES string of the molecule is O=C(/C=C/c1ccnc2ccccc12)c1cccnc1. The second-order valence-electron chi connectivity index (χ2n) is 4.36. The van der Waals surface area contributed by atoms with Crippen LogP contribution in [-0.4, -0.2) is 15.8 Å². The van der Waals surface area contributed by atoms with Crippen molar-refractivity contribution in [1.82, 2.24) is 9.97 Å². The van der Waals surface area contributed by atoms with E-state index >= 15 is 0 Å². The summed E-state index contributed by atoms with van der Waals surface area (Å²) >= 11 is 0. The molecule has 0 saturated heterocycles. The van der Waals surface area contributed by atoms with Gasteiger partial charge in [-0.15, -0.1) is 0 Å². The quantitative estimate of drug-likeness (QED) is 0.534. The van der Waals surface area contributed by atoms with Crippen LogP contribution >= 0.6 is 0 Å². The number of carbonyl (C=O) groups is 1. The lowest BCUT2D eigenvalue weighted by atomic mass is 10.1. The number of pyridine rings is 2.